The predicted octanol–water partition coefficient (Wildman–Crippen LogP) is 2.95. The van der Waals surface area contributed by atoms with Crippen molar-refractivity contribution in [1.29, 1.82) is 0 Å². The molecule has 0 fully saturated rings. The Labute approximate surface area is 114 Å². The van der Waals surface area contributed by atoms with Crippen molar-refractivity contribution in [2.75, 3.05) is 0 Å². The van der Waals surface area contributed by atoms with Crippen LogP contribution in [0.25, 0.3) is 0 Å². The molecule has 22 heavy (non-hydrogen) atoms. The first-order valence-corrected chi connectivity index (χ1v) is 4.84. The van der Waals surface area contributed by atoms with Gasteiger partial charge >= 0.3 is 24.2 Å². The first-order chi connectivity index (χ1) is 9.91. The van der Waals surface area contributed by atoms with E-state index < -0.39 is 57.9 Å². The van der Waals surface area contributed by atoms with Crippen LogP contribution in [0.15, 0.2) is 0 Å². The third-order valence-electron chi connectivity index (χ3n) is 2.14. The zero-order valence-electron chi connectivity index (χ0n) is 9.75. The Morgan fingerprint density at radius 1 is 1.18 bits per heavy atom. The Morgan fingerprint density at radius 3 is 2.05 bits per heavy atom. The molecule has 0 aliphatic heterocycles. The Bertz CT molecular complexity index is 648. The van der Waals surface area contributed by atoms with E-state index in [1.54, 1.807) is 0 Å². The van der Waals surface area contributed by atoms with Crippen LogP contribution in [-0.2, 0) is 0 Å². The van der Waals surface area contributed by atoms with E-state index in [0.29, 0.717) is 0 Å². The number of ether oxygens (including phenoxy) is 1. The highest BCUT2D eigenvalue weighted by Gasteiger charge is 2.47. The molecule has 0 saturated carbocycles. The number of rotatable bonds is 5. The summed E-state index contributed by atoms with van der Waals surface area (Å²) >= 11 is 0. The van der Waals surface area contributed by atoms with E-state index in [4.69, 9.17) is 5.11 Å². The van der Waals surface area contributed by atoms with Gasteiger partial charge in [-0.05, 0) is 0 Å². The lowest BCUT2D eigenvalue weighted by Crippen LogP contribution is -2.34. The van der Waals surface area contributed by atoms with Gasteiger partial charge in [-0.1, -0.05) is 0 Å². The second kappa shape index (κ2) is 5.65. The maximum absolute atomic E-state index is 13.6. The van der Waals surface area contributed by atoms with Crippen LogP contribution >= 0.6 is 0 Å². The minimum Gasteiger partial charge on any atom is -0.477 e. The number of benzene rings is 1. The summed E-state index contributed by atoms with van der Waals surface area (Å²) in [6.45, 7) is 0. The smallest absolute Gasteiger partial charge is 0.461 e. The molecule has 0 atom stereocenters. The first-order valence-electron chi connectivity index (χ1n) is 4.84. The molecule has 0 heterocycles. The molecule has 0 unspecified atom stereocenters. The molecule has 0 aliphatic rings. The number of nitrogens with zero attached hydrogens (tertiary/aromatic N) is 1. The third kappa shape index (κ3) is 2.87. The zero-order chi connectivity index (χ0) is 17.4. The van der Waals surface area contributed by atoms with Gasteiger partial charge in [-0.2, -0.15) is 26.3 Å². The molecule has 1 N–H and O–H groups in total. The lowest BCUT2D eigenvalue weighted by atomic mass is 10.1. The van der Waals surface area contributed by atoms with Gasteiger partial charge in [-0.3, -0.25) is 10.1 Å². The normalized spacial score (nSPS) is 11.6. The number of carboxylic acid groups (broad SMARTS) is 1. The number of nitro benzene ring substituents is 1. The van der Waals surface area contributed by atoms with Crippen LogP contribution in [0.3, 0.4) is 0 Å². The van der Waals surface area contributed by atoms with Crippen molar-refractivity contribution >= 4 is 11.7 Å². The van der Waals surface area contributed by atoms with Gasteiger partial charge in [-0.25, -0.2) is 9.18 Å². The minimum absolute atomic E-state index is 1.83. The maximum atomic E-state index is 13.6. The van der Waals surface area contributed by atoms with Crippen molar-refractivity contribution in [2.24, 2.45) is 0 Å². The molecule has 122 valence electrons. The first kappa shape index (κ1) is 17.5. The van der Waals surface area contributed by atoms with Crippen LogP contribution in [0.4, 0.5) is 36.4 Å². The van der Waals surface area contributed by atoms with Crippen molar-refractivity contribution in [3.05, 3.63) is 33.1 Å². The molecule has 0 radical (unpaired) electrons. The monoisotopic (exact) mass is 337 g/mol. The molecule has 1 rings (SSSR count). The second-order valence-corrected chi connectivity index (χ2v) is 3.52. The molecule has 0 amide bonds. The van der Waals surface area contributed by atoms with Crippen molar-refractivity contribution in [2.45, 2.75) is 12.5 Å². The summed E-state index contributed by atoms with van der Waals surface area (Å²) in [5.74, 6) is -13.1. The van der Waals surface area contributed by atoms with Gasteiger partial charge in [0, 0.05) is 0 Å². The largest absolute Gasteiger partial charge is 0.477 e. The predicted molar refractivity (Wildman–Crippen MR) is 51.5 cm³/mol. The molecular formula is C9H2F7NO5. The number of hydrogen-bond donors (Lipinski definition) is 1. The highest BCUT2D eigenvalue weighted by Crippen LogP contribution is 2.38. The molecule has 0 saturated heterocycles. The quantitative estimate of drug-likeness (QED) is 0.386. The van der Waals surface area contributed by atoms with Gasteiger partial charge in [0.1, 0.15) is 0 Å². The van der Waals surface area contributed by atoms with Crippen LogP contribution in [0.5, 0.6) is 5.75 Å². The van der Waals surface area contributed by atoms with Crippen molar-refractivity contribution < 1.29 is 50.3 Å². The Hall–Kier alpha value is -2.60. The van der Waals surface area contributed by atoms with Gasteiger partial charge in [0.2, 0.25) is 17.4 Å². The summed E-state index contributed by atoms with van der Waals surface area (Å²) in [4.78, 5) is 19.2. The molecule has 13 heteroatoms. The van der Waals surface area contributed by atoms with Crippen molar-refractivity contribution in [3.63, 3.8) is 0 Å². The average molecular weight is 337 g/mol. The van der Waals surface area contributed by atoms with Crippen LogP contribution in [0.2, 0.25) is 0 Å². The lowest BCUT2D eigenvalue weighted by Gasteiger charge is -2.18. The van der Waals surface area contributed by atoms with Gasteiger partial charge in [0.25, 0.3) is 0 Å². The number of carbonyl (C=O) groups is 1. The summed E-state index contributed by atoms with van der Waals surface area (Å²) in [6.07, 6.45) is -10.1. The highest BCUT2D eigenvalue weighted by atomic mass is 19.3. The van der Waals surface area contributed by atoms with Crippen LogP contribution < -0.4 is 4.74 Å². The second-order valence-electron chi connectivity index (χ2n) is 3.52. The van der Waals surface area contributed by atoms with E-state index in [1.165, 1.54) is 0 Å². The molecule has 0 bridgehead atoms. The molecule has 1 aromatic carbocycles. The van der Waals surface area contributed by atoms with Gasteiger partial charge in [-0.15, -0.1) is 0 Å². The molecule has 6 nitrogen and oxygen atoms in total. The van der Waals surface area contributed by atoms with Crippen molar-refractivity contribution in [1.82, 2.24) is 0 Å². The number of hydrogen-bond acceptors (Lipinski definition) is 4. The molecule has 0 aromatic heterocycles. The fourth-order valence-corrected chi connectivity index (χ4v) is 1.26. The van der Waals surface area contributed by atoms with Gasteiger partial charge in [0.05, 0.1) is 4.92 Å². The number of carboxylic acids is 1. The lowest BCUT2D eigenvalue weighted by molar-refractivity contribution is -0.388. The number of nitro groups is 1. The van der Waals surface area contributed by atoms with Gasteiger partial charge in [0.15, 0.2) is 11.4 Å². The van der Waals surface area contributed by atoms with E-state index >= 15 is 0 Å². The van der Waals surface area contributed by atoms with Crippen molar-refractivity contribution in [3.8, 4) is 5.75 Å². The number of aromatic carboxylic acids is 1. The maximum Gasteiger partial charge on any atom is 0.461 e. The van der Waals surface area contributed by atoms with Gasteiger partial charge < -0.3 is 9.84 Å². The van der Waals surface area contributed by atoms with E-state index in [2.05, 4.69) is 4.74 Å². The number of alkyl halides is 4. The zero-order valence-corrected chi connectivity index (χ0v) is 9.75. The summed E-state index contributed by atoms with van der Waals surface area (Å²) in [6, 6.07) is 0. The Morgan fingerprint density at radius 2 is 1.68 bits per heavy atom. The van der Waals surface area contributed by atoms with Crippen LogP contribution in [-0.4, -0.2) is 28.5 Å². The fraction of sp³-hybridized carbons (Fsp3) is 0.222. The van der Waals surface area contributed by atoms with Crippen LogP contribution in [0, 0.1) is 27.6 Å². The standard InChI is InChI=1S/C9H2F7NO5/c10-2-1(7(18)19)5(17(20)21)3(11)4(12)6(2)22-9(15,16)8(13)14/h8H,(H,18,19). The molecular weight excluding hydrogens is 335 g/mol. The topological polar surface area (TPSA) is 89.7 Å². The van der Waals surface area contributed by atoms with E-state index in [9.17, 15) is 45.6 Å². The van der Waals surface area contributed by atoms with E-state index in [0.717, 1.165) is 0 Å². The van der Waals surface area contributed by atoms with Crippen LogP contribution in [0.1, 0.15) is 10.4 Å². The average Bonchev–Trinajstić information content (AvgIpc) is 2.37. The summed E-state index contributed by atoms with van der Waals surface area (Å²) in [5, 5.41) is 18.9. The summed E-state index contributed by atoms with van der Waals surface area (Å²) < 4.78 is 92.2. The van der Waals surface area contributed by atoms with E-state index in [-0.39, 0.29) is 0 Å². The minimum atomic E-state index is -5.50. The summed E-state index contributed by atoms with van der Waals surface area (Å²) in [7, 11) is 0. The van der Waals surface area contributed by atoms with E-state index in [1.807, 2.05) is 0 Å². The fourth-order valence-electron chi connectivity index (χ4n) is 1.26. The Kier molecular flexibility index (Phi) is 4.48. The SMILES string of the molecule is O=C(O)c1c(F)c(OC(F)(F)C(F)F)c(F)c(F)c1[N+](=O)[O-]. The molecule has 0 aliphatic carbocycles. The molecule has 0 spiro atoms. The molecule has 1 aromatic rings. The third-order valence-corrected chi connectivity index (χ3v) is 2.14. The number of halogens is 7. The Balaban J connectivity index is 3.69. The highest BCUT2D eigenvalue weighted by molar-refractivity contribution is 5.93. The summed E-state index contributed by atoms with van der Waals surface area (Å²) in [5.41, 5.74) is -4.38.